The minimum atomic E-state index is 0. The maximum Gasteiger partial charge on any atom is 0.174 e. The number of hydrogen-bond donors (Lipinski definition) is 1. The Morgan fingerprint density at radius 3 is 1.84 bits per heavy atom. The maximum atomic E-state index is 10.2. The molecule has 0 saturated carbocycles. The second-order valence-corrected chi connectivity index (χ2v) is 10.4. The topological polar surface area (TPSA) is 55.8 Å². The molecule has 0 aliphatic heterocycles. The first kappa shape index (κ1) is 32.2. The SMILES string of the molecule is C.CCCO.CCCOc1ccc(C=O)s1.CCCOc1cccs1.Ic1cccs1. The number of aldehydes is 1. The molecule has 0 unspecified atom stereocenters. The van der Waals surface area contributed by atoms with Gasteiger partial charge in [-0.25, -0.2) is 0 Å². The Morgan fingerprint density at radius 1 is 0.903 bits per heavy atom. The zero-order chi connectivity index (χ0) is 22.5. The monoisotopic (exact) mass is 598 g/mol. The number of carbonyl (C=O) groups is 1. The van der Waals surface area contributed by atoms with E-state index in [-0.39, 0.29) is 7.43 Å². The van der Waals surface area contributed by atoms with E-state index in [1.165, 1.54) is 14.2 Å². The molecule has 8 heteroatoms. The van der Waals surface area contributed by atoms with Gasteiger partial charge < -0.3 is 14.6 Å². The van der Waals surface area contributed by atoms with Crippen LogP contribution in [0.4, 0.5) is 0 Å². The normalized spacial score (nSPS) is 8.81. The molecule has 3 aromatic heterocycles. The van der Waals surface area contributed by atoms with Crippen molar-refractivity contribution in [2.45, 2.75) is 47.5 Å². The van der Waals surface area contributed by atoms with E-state index < -0.39 is 0 Å². The van der Waals surface area contributed by atoms with E-state index in [9.17, 15) is 4.79 Å². The van der Waals surface area contributed by atoms with E-state index >= 15 is 0 Å². The van der Waals surface area contributed by atoms with Crippen LogP contribution in [0.25, 0.3) is 0 Å². The summed E-state index contributed by atoms with van der Waals surface area (Å²) in [5.41, 5.74) is 0. The fraction of sp³-hybridized carbons (Fsp3) is 0.435. The van der Waals surface area contributed by atoms with Crippen LogP contribution in [0, 0.1) is 2.88 Å². The molecule has 3 rings (SSSR count). The standard InChI is InChI=1S/C8H10O2S.C7H10OS.C4H3IS.C3H8O.CH4/c1-2-5-10-8-4-3-7(6-9)11-8;1-2-5-8-7-4-3-6-9-7;5-4-2-1-3-6-4;1-2-3-4;/h3-4,6H,2,5H2,1H3;3-4,6H,2,5H2,1H3;1-3H;4H,2-3H2,1H3;1H4. The molecular weight excluding hydrogens is 563 g/mol. The summed E-state index contributed by atoms with van der Waals surface area (Å²) in [6, 6.07) is 11.7. The van der Waals surface area contributed by atoms with Crippen LogP contribution < -0.4 is 9.47 Å². The highest BCUT2D eigenvalue weighted by atomic mass is 127. The summed E-state index contributed by atoms with van der Waals surface area (Å²) in [5, 5.41) is 13.8. The highest BCUT2D eigenvalue weighted by molar-refractivity contribution is 14.1. The molecule has 4 nitrogen and oxygen atoms in total. The summed E-state index contributed by atoms with van der Waals surface area (Å²) in [7, 11) is 0. The van der Waals surface area contributed by atoms with E-state index in [1.807, 2.05) is 43.5 Å². The van der Waals surface area contributed by atoms with E-state index in [1.54, 1.807) is 28.7 Å². The highest BCUT2D eigenvalue weighted by Crippen LogP contribution is 2.22. The number of carbonyl (C=O) groups excluding carboxylic acids is 1. The molecular formula is C23H35IO4S3. The Balaban J connectivity index is 0. The molecule has 1 N–H and O–H groups in total. The van der Waals surface area contributed by atoms with Crippen molar-refractivity contribution in [3.05, 3.63) is 54.9 Å². The Morgan fingerprint density at radius 2 is 1.48 bits per heavy atom. The molecule has 31 heavy (non-hydrogen) atoms. The van der Waals surface area contributed by atoms with Crippen molar-refractivity contribution < 1.29 is 19.4 Å². The minimum absolute atomic E-state index is 0. The van der Waals surface area contributed by atoms with Crippen molar-refractivity contribution in [1.82, 2.24) is 0 Å². The zero-order valence-electron chi connectivity index (χ0n) is 17.7. The third-order valence-corrected chi connectivity index (χ3v) is 6.30. The molecule has 0 saturated heterocycles. The summed E-state index contributed by atoms with van der Waals surface area (Å²) in [6.07, 6.45) is 3.79. The van der Waals surface area contributed by atoms with Crippen LogP contribution in [0.15, 0.2) is 47.2 Å². The third kappa shape index (κ3) is 19.5. The Labute approximate surface area is 213 Å². The summed E-state index contributed by atoms with van der Waals surface area (Å²) in [5.74, 6) is 0. The first-order chi connectivity index (χ1) is 14.6. The van der Waals surface area contributed by atoms with Gasteiger partial charge in [0.15, 0.2) is 16.4 Å². The van der Waals surface area contributed by atoms with E-state index in [0.717, 1.165) is 53.8 Å². The van der Waals surface area contributed by atoms with Crippen molar-refractivity contribution in [2.75, 3.05) is 19.8 Å². The molecule has 0 spiro atoms. The summed E-state index contributed by atoms with van der Waals surface area (Å²) in [6.45, 7) is 7.96. The lowest BCUT2D eigenvalue weighted by Gasteiger charge is -1.97. The Hall–Kier alpha value is -0.940. The minimum Gasteiger partial charge on any atom is -0.484 e. The molecule has 3 aromatic rings. The molecule has 0 radical (unpaired) electrons. The van der Waals surface area contributed by atoms with E-state index in [2.05, 4.69) is 41.0 Å². The molecule has 176 valence electrons. The zero-order valence-corrected chi connectivity index (χ0v) is 22.3. The number of halogens is 1. The van der Waals surface area contributed by atoms with Gasteiger partial charge in [0.1, 0.15) is 0 Å². The van der Waals surface area contributed by atoms with Gasteiger partial charge in [0, 0.05) is 6.61 Å². The Bertz CT molecular complexity index is 711. The molecule has 0 aromatic carbocycles. The second kappa shape index (κ2) is 23.7. The van der Waals surface area contributed by atoms with Crippen LogP contribution in [0.1, 0.15) is 57.1 Å². The summed E-state index contributed by atoms with van der Waals surface area (Å²) in [4.78, 5) is 11.0. The Kier molecular flexibility index (Phi) is 24.7. The lowest BCUT2D eigenvalue weighted by atomic mass is 10.5. The predicted molar refractivity (Wildman–Crippen MR) is 147 cm³/mol. The van der Waals surface area contributed by atoms with Crippen molar-refractivity contribution in [3.63, 3.8) is 0 Å². The number of rotatable bonds is 8. The van der Waals surface area contributed by atoms with Crippen LogP contribution >= 0.6 is 56.6 Å². The van der Waals surface area contributed by atoms with Crippen LogP contribution in [0.2, 0.25) is 0 Å². The maximum absolute atomic E-state index is 10.2. The van der Waals surface area contributed by atoms with Gasteiger partial charge in [0.05, 0.1) is 21.0 Å². The first-order valence-electron chi connectivity index (χ1n) is 9.75. The van der Waals surface area contributed by atoms with Crippen LogP contribution in [-0.2, 0) is 0 Å². The average molecular weight is 599 g/mol. The highest BCUT2D eigenvalue weighted by Gasteiger charge is 1.97. The third-order valence-electron chi connectivity index (χ3n) is 2.82. The lowest BCUT2D eigenvalue weighted by molar-refractivity contribution is 0.112. The van der Waals surface area contributed by atoms with Crippen LogP contribution in [0.5, 0.6) is 10.1 Å². The molecule has 0 amide bonds. The van der Waals surface area contributed by atoms with Gasteiger partial charge in [-0.2, -0.15) is 0 Å². The van der Waals surface area contributed by atoms with E-state index in [4.69, 9.17) is 14.6 Å². The summed E-state index contributed by atoms with van der Waals surface area (Å²) < 4.78 is 12.0. The lowest BCUT2D eigenvalue weighted by Crippen LogP contribution is -1.91. The predicted octanol–water partition coefficient (Wildman–Crippen LogP) is 8.26. The number of thiophene rings is 3. The fourth-order valence-corrected chi connectivity index (χ4v) is 3.87. The van der Waals surface area contributed by atoms with Gasteiger partial charge in [-0.05, 0) is 82.9 Å². The van der Waals surface area contributed by atoms with Gasteiger partial charge >= 0.3 is 0 Å². The average Bonchev–Trinajstić information content (AvgIpc) is 3.55. The van der Waals surface area contributed by atoms with Crippen LogP contribution in [-0.4, -0.2) is 31.2 Å². The number of aliphatic hydroxyl groups is 1. The molecule has 0 atom stereocenters. The smallest absolute Gasteiger partial charge is 0.174 e. The van der Waals surface area contributed by atoms with Gasteiger partial charge in [0.2, 0.25) is 0 Å². The fourth-order valence-electron chi connectivity index (χ4n) is 1.48. The quantitative estimate of drug-likeness (QED) is 0.210. The van der Waals surface area contributed by atoms with Crippen LogP contribution in [0.3, 0.4) is 0 Å². The molecule has 0 bridgehead atoms. The first-order valence-corrected chi connectivity index (χ1v) is 13.4. The van der Waals surface area contributed by atoms with Crippen molar-refractivity contribution >= 4 is 62.9 Å². The van der Waals surface area contributed by atoms with E-state index in [0.29, 0.717) is 6.61 Å². The van der Waals surface area contributed by atoms with Crippen molar-refractivity contribution in [1.29, 1.82) is 0 Å². The molecule has 0 fully saturated rings. The van der Waals surface area contributed by atoms with Gasteiger partial charge in [-0.15, -0.1) is 22.7 Å². The largest absolute Gasteiger partial charge is 0.484 e. The molecule has 0 aliphatic rings. The number of hydrogen-bond acceptors (Lipinski definition) is 7. The van der Waals surface area contributed by atoms with Gasteiger partial charge in [-0.3, -0.25) is 4.79 Å². The number of aliphatic hydroxyl groups excluding tert-OH is 1. The molecule has 3 heterocycles. The number of ether oxygens (including phenoxy) is 2. The van der Waals surface area contributed by atoms with Crippen molar-refractivity contribution in [3.8, 4) is 10.1 Å². The van der Waals surface area contributed by atoms with Gasteiger partial charge in [-0.1, -0.05) is 45.6 Å². The van der Waals surface area contributed by atoms with Crippen molar-refractivity contribution in [2.24, 2.45) is 0 Å². The second-order valence-electron chi connectivity index (χ2n) is 5.54. The van der Waals surface area contributed by atoms with Gasteiger partial charge in [0.25, 0.3) is 0 Å². The molecule has 0 aliphatic carbocycles. The summed E-state index contributed by atoms with van der Waals surface area (Å²) >= 11 is 7.08.